The molecule has 5 nitrogen and oxygen atoms in total. The zero-order chi connectivity index (χ0) is 14.8. The molecule has 0 saturated heterocycles. The van der Waals surface area contributed by atoms with Crippen molar-refractivity contribution in [3.8, 4) is 0 Å². The second-order valence-electron chi connectivity index (χ2n) is 4.53. The van der Waals surface area contributed by atoms with Crippen LogP contribution in [0.3, 0.4) is 0 Å². The van der Waals surface area contributed by atoms with E-state index >= 15 is 0 Å². The number of hydrogen-bond donors (Lipinski definition) is 3. The smallest absolute Gasteiger partial charge is 0.341 e. The lowest BCUT2D eigenvalue weighted by atomic mass is 10.1. The molecule has 6 heteroatoms. The third-order valence-electron chi connectivity index (χ3n) is 3.16. The summed E-state index contributed by atoms with van der Waals surface area (Å²) in [4.78, 5) is 27.1. The first-order valence-corrected chi connectivity index (χ1v) is 7.18. The highest BCUT2D eigenvalue weighted by atomic mass is 32.1. The van der Waals surface area contributed by atoms with E-state index in [0.717, 1.165) is 5.69 Å². The predicted octanol–water partition coefficient (Wildman–Crippen LogP) is 2.90. The number of nitrogens with one attached hydrogen (secondary N) is 2. The number of carboxylic acids is 1. The minimum atomic E-state index is -1.23. The van der Waals surface area contributed by atoms with Gasteiger partial charge in [0.15, 0.2) is 0 Å². The summed E-state index contributed by atoms with van der Waals surface area (Å²) in [5, 5.41) is 14.6. The number of fused-ring (bicyclic) bond motifs is 1. The summed E-state index contributed by atoms with van der Waals surface area (Å²) in [6.07, 6.45) is 1.23. The maximum absolute atomic E-state index is 12.1. The standard InChI is InChI=1S/C15H12N2O3S/c18-14-11-6-9(16-7-10-2-1-5-21-10)3-4-13(11)17-8-12(14)15(19)20/h1-6,8,16H,7H2,(H,17,18)(H,19,20). The topological polar surface area (TPSA) is 82.2 Å². The molecule has 21 heavy (non-hydrogen) atoms. The Hall–Kier alpha value is -2.60. The van der Waals surface area contributed by atoms with Gasteiger partial charge in [0.05, 0.1) is 0 Å². The van der Waals surface area contributed by atoms with E-state index < -0.39 is 11.4 Å². The number of pyridine rings is 1. The summed E-state index contributed by atoms with van der Waals surface area (Å²) < 4.78 is 0. The van der Waals surface area contributed by atoms with Crippen LogP contribution in [0, 0.1) is 0 Å². The molecule has 0 radical (unpaired) electrons. The van der Waals surface area contributed by atoms with Crippen LogP contribution >= 0.6 is 11.3 Å². The van der Waals surface area contributed by atoms with Crippen LogP contribution in [0.15, 0.2) is 46.7 Å². The number of rotatable bonds is 4. The Balaban J connectivity index is 1.96. The fourth-order valence-electron chi connectivity index (χ4n) is 2.09. The molecule has 0 fully saturated rings. The molecule has 0 saturated carbocycles. The quantitative estimate of drug-likeness (QED) is 0.692. The van der Waals surface area contributed by atoms with Crippen LogP contribution in [0.5, 0.6) is 0 Å². The summed E-state index contributed by atoms with van der Waals surface area (Å²) >= 11 is 1.65. The Morgan fingerprint density at radius 1 is 1.33 bits per heavy atom. The molecule has 0 aliphatic heterocycles. The molecule has 2 aromatic heterocycles. The summed E-state index contributed by atoms with van der Waals surface area (Å²) in [6, 6.07) is 9.29. The van der Waals surface area contributed by atoms with Gasteiger partial charge in [-0.3, -0.25) is 4.79 Å². The second kappa shape index (κ2) is 5.41. The van der Waals surface area contributed by atoms with Gasteiger partial charge in [-0.25, -0.2) is 4.79 Å². The normalized spacial score (nSPS) is 10.7. The number of benzene rings is 1. The van der Waals surface area contributed by atoms with Gasteiger partial charge in [-0.15, -0.1) is 11.3 Å². The maximum Gasteiger partial charge on any atom is 0.341 e. The number of aromatic carboxylic acids is 1. The zero-order valence-electron chi connectivity index (χ0n) is 10.9. The SMILES string of the molecule is O=C(O)c1c[nH]c2ccc(NCc3cccs3)cc2c1=O. The minimum Gasteiger partial charge on any atom is -0.477 e. The van der Waals surface area contributed by atoms with Gasteiger partial charge in [0, 0.05) is 34.2 Å². The number of carbonyl (C=O) groups is 1. The van der Waals surface area contributed by atoms with Gasteiger partial charge in [-0.1, -0.05) is 6.07 Å². The summed E-state index contributed by atoms with van der Waals surface area (Å²) in [6.45, 7) is 0.666. The Morgan fingerprint density at radius 2 is 2.19 bits per heavy atom. The molecule has 3 aromatic rings. The highest BCUT2D eigenvalue weighted by Gasteiger charge is 2.11. The van der Waals surface area contributed by atoms with Crippen LogP contribution < -0.4 is 10.7 Å². The van der Waals surface area contributed by atoms with E-state index in [1.807, 2.05) is 23.6 Å². The van der Waals surface area contributed by atoms with Crippen molar-refractivity contribution in [1.82, 2.24) is 4.98 Å². The van der Waals surface area contributed by atoms with Gasteiger partial charge in [0.2, 0.25) is 5.43 Å². The number of thiophene rings is 1. The average molecular weight is 300 g/mol. The lowest BCUT2D eigenvalue weighted by molar-refractivity contribution is 0.0695. The van der Waals surface area contributed by atoms with Crippen molar-refractivity contribution in [1.29, 1.82) is 0 Å². The molecule has 3 N–H and O–H groups in total. The number of hydrogen-bond acceptors (Lipinski definition) is 4. The van der Waals surface area contributed by atoms with Crippen molar-refractivity contribution in [3.63, 3.8) is 0 Å². The molecule has 0 aliphatic rings. The van der Waals surface area contributed by atoms with Crippen LogP contribution in [0.25, 0.3) is 10.9 Å². The summed E-state index contributed by atoms with van der Waals surface area (Å²) in [5.74, 6) is -1.23. The number of aromatic amines is 1. The van der Waals surface area contributed by atoms with Crippen molar-refractivity contribution < 1.29 is 9.90 Å². The minimum absolute atomic E-state index is 0.252. The Morgan fingerprint density at radius 3 is 2.90 bits per heavy atom. The van der Waals surface area contributed by atoms with E-state index in [-0.39, 0.29) is 5.56 Å². The first kappa shape index (κ1) is 13.4. The van der Waals surface area contributed by atoms with Gasteiger partial charge in [-0.2, -0.15) is 0 Å². The van der Waals surface area contributed by atoms with E-state index in [0.29, 0.717) is 17.4 Å². The third kappa shape index (κ3) is 2.66. The van der Waals surface area contributed by atoms with E-state index in [1.54, 1.807) is 23.5 Å². The van der Waals surface area contributed by atoms with Gasteiger partial charge < -0.3 is 15.4 Å². The van der Waals surface area contributed by atoms with Gasteiger partial charge in [-0.05, 0) is 29.6 Å². The molecule has 0 atom stereocenters. The van der Waals surface area contributed by atoms with Crippen molar-refractivity contribution >= 4 is 33.9 Å². The molecule has 0 bridgehead atoms. The second-order valence-corrected chi connectivity index (χ2v) is 5.56. The third-order valence-corrected chi connectivity index (χ3v) is 4.03. The van der Waals surface area contributed by atoms with E-state index in [2.05, 4.69) is 10.3 Å². The number of aromatic nitrogens is 1. The largest absolute Gasteiger partial charge is 0.477 e. The molecule has 106 valence electrons. The van der Waals surface area contributed by atoms with Crippen LogP contribution in [0.1, 0.15) is 15.2 Å². The van der Waals surface area contributed by atoms with Crippen LogP contribution in [-0.2, 0) is 6.54 Å². The van der Waals surface area contributed by atoms with Gasteiger partial charge >= 0.3 is 5.97 Å². The Bertz CT molecular complexity index is 853. The van der Waals surface area contributed by atoms with Crippen molar-refractivity contribution in [2.45, 2.75) is 6.54 Å². The summed E-state index contributed by atoms with van der Waals surface area (Å²) in [5.41, 5.74) is 0.671. The molecule has 1 aromatic carbocycles. The van der Waals surface area contributed by atoms with Crippen molar-refractivity contribution in [2.24, 2.45) is 0 Å². The van der Waals surface area contributed by atoms with E-state index in [1.165, 1.54) is 11.1 Å². The molecular formula is C15H12N2O3S. The number of carboxylic acid groups (broad SMARTS) is 1. The molecule has 0 spiro atoms. The monoisotopic (exact) mass is 300 g/mol. The zero-order valence-corrected chi connectivity index (χ0v) is 11.7. The Kier molecular flexibility index (Phi) is 3.45. The van der Waals surface area contributed by atoms with E-state index in [4.69, 9.17) is 5.11 Å². The van der Waals surface area contributed by atoms with Gasteiger partial charge in [0.25, 0.3) is 0 Å². The fraction of sp³-hybridized carbons (Fsp3) is 0.0667. The molecule has 0 amide bonds. The average Bonchev–Trinajstić information content (AvgIpc) is 2.98. The first-order chi connectivity index (χ1) is 10.1. The van der Waals surface area contributed by atoms with Crippen molar-refractivity contribution in [3.05, 3.63) is 62.6 Å². The number of H-pyrrole nitrogens is 1. The molecule has 3 rings (SSSR count). The number of anilines is 1. The molecule has 0 unspecified atom stereocenters. The molecule has 2 heterocycles. The first-order valence-electron chi connectivity index (χ1n) is 6.30. The van der Waals surface area contributed by atoms with Crippen molar-refractivity contribution in [2.75, 3.05) is 5.32 Å². The Labute approximate surface area is 123 Å². The highest BCUT2D eigenvalue weighted by Crippen LogP contribution is 2.17. The van der Waals surface area contributed by atoms with E-state index in [9.17, 15) is 9.59 Å². The fourth-order valence-corrected chi connectivity index (χ4v) is 2.73. The predicted molar refractivity (Wildman–Crippen MR) is 83.2 cm³/mol. The maximum atomic E-state index is 12.1. The van der Waals surface area contributed by atoms with Gasteiger partial charge in [0.1, 0.15) is 5.56 Å². The van der Waals surface area contributed by atoms with Crippen LogP contribution in [0.2, 0.25) is 0 Å². The summed E-state index contributed by atoms with van der Waals surface area (Å²) in [7, 11) is 0. The lowest BCUT2D eigenvalue weighted by Gasteiger charge is -2.06. The van der Waals surface area contributed by atoms with Crippen LogP contribution in [0.4, 0.5) is 5.69 Å². The lowest BCUT2D eigenvalue weighted by Crippen LogP contribution is -2.15. The molecule has 0 aliphatic carbocycles. The van der Waals surface area contributed by atoms with Crippen LogP contribution in [-0.4, -0.2) is 16.1 Å². The molecular weight excluding hydrogens is 288 g/mol. The highest BCUT2D eigenvalue weighted by molar-refractivity contribution is 7.09.